The van der Waals surface area contributed by atoms with Crippen LogP contribution in [0.4, 0.5) is 10.5 Å². The molecule has 2 N–H and O–H groups in total. The molecule has 0 spiro atoms. The SMILES string of the molecule is CCc1ccc(C2CN(C(=O)O)C(c3ccc([N+](=O)[O-])cc3)C(C)(C(=O)O)C2)cc1. The average molecular weight is 412 g/mol. The van der Waals surface area contributed by atoms with Crippen molar-refractivity contribution in [2.75, 3.05) is 6.54 Å². The average Bonchev–Trinajstić information content (AvgIpc) is 2.73. The quantitative estimate of drug-likeness (QED) is 0.552. The molecular formula is C22H24N2O6. The second-order valence-corrected chi connectivity index (χ2v) is 7.90. The number of carboxylic acids is 1. The first-order chi connectivity index (χ1) is 14.2. The maximum absolute atomic E-state index is 12.4. The Bertz CT molecular complexity index is 957. The van der Waals surface area contributed by atoms with Gasteiger partial charge in [-0.25, -0.2) is 4.79 Å². The van der Waals surface area contributed by atoms with Gasteiger partial charge in [-0.1, -0.05) is 43.3 Å². The van der Waals surface area contributed by atoms with Gasteiger partial charge in [0.05, 0.1) is 16.4 Å². The lowest BCUT2D eigenvalue weighted by atomic mass is 9.67. The summed E-state index contributed by atoms with van der Waals surface area (Å²) in [6.45, 7) is 3.73. The molecule has 2 aromatic carbocycles. The smallest absolute Gasteiger partial charge is 0.407 e. The Morgan fingerprint density at radius 2 is 1.67 bits per heavy atom. The number of carboxylic acid groups (broad SMARTS) is 2. The third-order valence-electron chi connectivity index (χ3n) is 6.02. The summed E-state index contributed by atoms with van der Waals surface area (Å²) in [4.78, 5) is 36.0. The van der Waals surface area contributed by atoms with Crippen LogP contribution in [0.25, 0.3) is 0 Å². The standard InChI is InChI=1S/C22H24N2O6/c1-3-14-4-6-15(7-5-14)17-12-22(2,20(25)26)19(23(13-17)21(27)28)16-8-10-18(11-9-16)24(29)30/h4-11,17,19H,3,12-13H2,1-2H3,(H,25,26)(H,27,28). The number of non-ortho nitro benzene ring substituents is 1. The molecule has 3 atom stereocenters. The Labute approximate surface area is 173 Å². The molecule has 8 heteroatoms. The Balaban J connectivity index is 2.04. The van der Waals surface area contributed by atoms with Gasteiger partial charge < -0.3 is 10.2 Å². The number of carbonyl (C=O) groups is 2. The van der Waals surface area contributed by atoms with E-state index >= 15 is 0 Å². The molecule has 1 heterocycles. The predicted octanol–water partition coefficient (Wildman–Crippen LogP) is 4.46. The van der Waals surface area contributed by atoms with Gasteiger partial charge in [0.15, 0.2) is 0 Å². The first kappa shape index (κ1) is 21.3. The van der Waals surface area contributed by atoms with Crippen molar-refractivity contribution in [2.24, 2.45) is 5.41 Å². The van der Waals surface area contributed by atoms with Gasteiger partial charge in [-0.15, -0.1) is 0 Å². The zero-order valence-electron chi connectivity index (χ0n) is 16.8. The zero-order valence-corrected chi connectivity index (χ0v) is 16.8. The highest BCUT2D eigenvalue weighted by Crippen LogP contribution is 2.50. The molecule has 8 nitrogen and oxygen atoms in total. The van der Waals surface area contributed by atoms with Crippen molar-refractivity contribution >= 4 is 17.7 Å². The Morgan fingerprint density at radius 1 is 1.10 bits per heavy atom. The van der Waals surface area contributed by atoms with Crippen LogP contribution in [0, 0.1) is 15.5 Å². The molecular weight excluding hydrogens is 388 g/mol. The van der Waals surface area contributed by atoms with Crippen molar-refractivity contribution in [1.29, 1.82) is 0 Å². The van der Waals surface area contributed by atoms with Crippen LogP contribution < -0.4 is 0 Å². The second-order valence-electron chi connectivity index (χ2n) is 7.90. The Kier molecular flexibility index (Phi) is 5.78. The number of likely N-dealkylation sites (tertiary alicyclic amines) is 1. The summed E-state index contributed by atoms with van der Waals surface area (Å²) in [5.74, 6) is -1.38. The van der Waals surface area contributed by atoms with Crippen LogP contribution in [0.1, 0.15) is 48.9 Å². The van der Waals surface area contributed by atoms with E-state index < -0.39 is 28.4 Å². The lowest BCUT2D eigenvalue weighted by Crippen LogP contribution is -2.53. The van der Waals surface area contributed by atoms with Crippen molar-refractivity contribution in [2.45, 2.75) is 38.6 Å². The molecule has 2 aromatic rings. The van der Waals surface area contributed by atoms with Gasteiger partial charge in [-0.3, -0.25) is 19.8 Å². The molecule has 0 aliphatic carbocycles. The number of nitro groups is 1. The predicted molar refractivity (Wildman–Crippen MR) is 109 cm³/mol. The molecule has 3 unspecified atom stereocenters. The fourth-order valence-electron chi connectivity index (χ4n) is 4.34. The first-order valence-corrected chi connectivity index (χ1v) is 9.73. The van der Waals surface area contributed by atoms with Gasteiger partial charge in [-0.2, -0.15) is 0 Å². The van der Waals surface area contributed by atoms with Crippen molar-refractivity contribution in [3.63, 3.8) is 0 Å². The maximum atomic E-state index is 12.4. The lowest BCUT2D eigenvalue weighted by molar-refractivity contribution is -0.384. The van der Waals surface area contributed by atoms with E-state index in [-0.39, 0.29) is 24.6 Å². The highest BCUT2D eigenvalue weighted by Gasteiger charge is 2.52. The number of aliphatic carboxylic acids is 1. The van der Waals surface area contributed by atoms with Gasteiger partial charge in [0.1, 0.15) is 0 Å². The Hall–Kier alpha value is -3.42. The van der Waals surface area contributed by atoms with E-state index in [0.717, 1.165) is 22.4 Å². The molecule has 1 amide bonds. The molecule has 1 fully saturated rings. The summed E-state index contributed by atoms with van der Waals surface area (Å²) >= 11 is 0. The van der Waals surface area contributed by atoms with Gasteiger partial charge in [-0.05, 0) is 36.5 Å². The van der Waals surface area contributed by atoms with Gasteiger partial charge in [0.25, 0.3) is 5.69 Å². The van der Waals surface area contributed by atoms with Crippen LogP contribution in [-0.4, -0.2) is 38.6 Å². The number of rotatable bonds is 5. The molecule has 0 aromatic heterocycles. The van der Waals surface area contributed by atoms with E-state index in [9.17, 15) is 29.9 Å². The summed E-state index contributed by atoms with van der Waals surface area (Å²) in [6, 6.07) is 12.3. The largest absolute Gasteiger partial charge is 0.481 e. The van der Waals surface area contributed by atoms with Crippen molar-refractivity contribution in [3.05, 3.63) is 75.3 Å². The molecule has 1 aliphatic rings. The van der Waals surface area contributed by atoms with E-state index in [1.807, 2.05) is 31.2 Å². The van der Waals surface area contributed by atoms with Gasteiger partial charge in [0, 0.05) is 24.6 Å². The number of hydrogen-bond donors (Lipinski definition) is 2. The van der Waals surface area contributed by atoms with Crippen molar-refractivity contribution in [3.8, 4) is 0 Å². The number of nitrogens with zero attached hydrogens (tertiary/aromatic N) is 2. The molecule has 1 saturated heterocycles. The Morgan fingerprint density at radius 3 is 2.13 bits per heavy atom. The normalized spacial score (nSPS) is 23.7. The molecule has 0 radical (unpaired) electrons. The van der Waals surface area contributed by atoms with E-state index in [2.05, 4.69) is 0 Å². The summed E-state index contributed by atoms with van der Waals surface area (Å²) in [5.41, 5.74) is 0.929. The summed E-state index contributed by atoms with van der Waals surface area (Å²) in [7, 11) is 0. The fourth-order valence-corrected chi connectivity index (χ4v) is 4.34. The number of nitro benzene ring substituents is 1. The molecule has 30 heavy (non-hydrogen) atoms. The van der Waals surface area contributed by atoms with Crippen LogP contribution in [0.3, 0.4) is 0 Å². The molecule has 158 valence electrons. The number of benzene rings is 2. The molecule has 1 aliphatic heterocycles. The monoisotopic (exact) mass is 412 g/mol. The van der Waals surface area contributed by atoms with Crippen LogP contribution >= 0.6 is 0 Å². The topological polar surface area (TPSA) is 121 Å². The van der Waals surface area contributed by atoms with Crippen LogP contribution in [0.2, 0.25) is 0 Å². The molecule has 3 rings (SSSR count). The minimum absolute atomic E-state index is 0.137. The van der Waals surface area contributed by atoms with E-state index in [4.69, 9.17) is 0 Å². The minimum Gasteiger partial charge on any atom is -0.481 e. The third-order valence-corrected chi connectivity index (χ3v) is 6.02. The molecule has 0 saturated carbocycles. The van der Waals surface area contributed by atoms with Crippen molar-refractivity contribution < 1.29 is 24.7 Å². The summed E-state index contributed by atoms with van der Waals surface area (Å²) < 4.78 is 0. The van der Waals surface area contributed by atoms with Crippen LogP contribution in [0.5, 0.6) is 0 Å². The van der Waals surface area contributed by atoms with Gasteiger partial charge in [0.2, 0.25) is 0 Å². The summed E-state index contributed by atoms with van der Waals surface area (Å²) in [5, 5.41) is 30.9. The minimum atomic E-state index is -1.40. The number of hydrogen-bond acceptors (Lipinski definition) is 4. The maximum Gasteiger partial charge on any atom is 0.407 e. The van der Waals surface area contributed by atoms with Gasteiger partial charge >= 0.3 is 12.1 Å². The van der Waals surface area contributed by atoms with E-state index in [0.29, 0.717) is 5.56 Å². The van der Waals surface area contributed by atoms with Crippen LogP contribution in [0.15, 0.2) is 48.5 Å². The van der Waals surface area contributed by atoms with Crippen molar-refractivity contribution in [1.82, 2.24) is 4.90 Å². The highest BCUT2D eigenvalue weighted by molar-refractivity contribution is 5.78. The van der Waals surface area contributed by atoms with E-state index in [1.54, 1.807) is 6.92 Å². The highest BCUT2D eigenvalue weighted by atomic mass is 16.6. The fraction of sp³-hybridized carbons (Fsp3) is 0.364. The third kappa shape index (κ3) is 3.85. The number of amides is 1. The lowest BCUT2D eigenvalue weighted by Gasteiger charge is -2.48. The molecule has 0 bridgehead atoms. The first-order valence-electron chi connectivity index (χ1n) is 9.73. The van der Waals surface area contributed by atoms with Crippen LogP contribution in [-0.2, 0) is 11.2 Å². The van der Waals surface area contributed by atoms with E-state index in [1.165, 1.54) is 24.3 Å². The summed E-state index contributed by atoms with van der Waals surface area (Å²) in [6.07, 6.45) is -0.0961. The second kappa shape index (κ2) is 8.14. The zero-order chi connectivity index (χ0) is 22.1. The number of piperidine rings is 1. The number of aryl methyl sites for hydroxylation is 1.